The van der Waals surface area contributed by atoms with E-state index in [2.05, 4.69) is 6.92 Å². The SMILES string of the molecule is CCCCc1cccc(CCC(=O)OCCC)c1O. The number of carbonyl (C=O) groups is 1. The van der Waals surface area contributed by atoms with Crippen LogP contribution >= 0.6 is 0 Å². The molecule has 0 radical (unpaired) electrons. The van der Waals surface area contributed by atoms with E-state index in [1.807, 2.05) is 25.1 Å². The number of phenols is 1. The van der Waals surface area contributed by atoms with Gasteiger partial charge < -0.3 is 9.84 Å². The summed E-state index contributed by atoms with van der Waals surface area (Å²) in [5, 5.41) is 10.2. The van der Waals surface area contributed by atoms with Crippen molar-refractivity contribution < 1.29 is 14.6 Å². The van der Waals surface area contributed by atoms with Crippen molar-refractivity contribution in [2.24, 2.45) is 0 Å². The zero-order valence-corrected chi connectivity index (χ0v) is 11.9. The summed E-state index contributed by atoms with van der Waals surface area (Å²) < 4.78 is 5.03. The minimum atomic E-state index is -0.194. The normalized spacial score (nSPS) is 10.4. The van der Waals surface area contributed by atoms with Gasteiger partial charge in [0.2, 0.25) is 0 Å². The molecule has 0 amide bonds. The van der Waals surface area contributed by atoms with Crippen molar-refractivity contribution in [2.75, 3.05) is 6.61 Å². The van der Waals surface area contributed by atoms with Gasteiger partial charge in [-0.25, -0.2) is 0 Å². The van der Waals surface area contributed by atoms with E-state index in [0.717, 1.165) is 36.8 Å². The van der Waals surface area contributed by atoms with Gasteiger partial charge in [-0.15, -0.1) is 0 Å². The van der Waals surface area contributed by atoms with Crippen molar-refractivity contribution in [1.29, 1.82) is 0 Å². The highest BCUT2D eigenvalue weighted by molar-refractivity contribution is 5.69. The quantitative estimate of drug-likeness (QED) is 0.729. The van der Waals surface area contributed by atoms with Crippen LogP contribution in [0, 0.1) is 0 Å². The van der Waals surface area contributed by atoms with E-state index in [9.17, 15) is 9.90 Å². The van der Waals surface area contributed by atoms with Crippen LogP contribution in [0.3, 0.4) is 0 Å². The molecule has 3 nitrogen and oxygen atoms in total. The fourth-order valence-corrected chi connectivity index (χ4v) is 1.94. The molecule has 0 spiro atoms. The first kappa shape index (κ1) is 15.5. The van der Waals surface area contributed by atoms with Gasteiger partial charge in [0, 0.05) is 6.42 Å². The maximum Gasteiger partial charge on any atom is 0.306 e. The smallest absolute Gasteiger partial charge is 0.306 e. The minimum Gasteiger partial charge on any atom is -0.507 e. The van der Waals surface area contributed by atoms with Gasteiger partial charge in [0.05, 0.1) is 6.61 Å². The largest absolute Gasteiger partial charge is 0.507 e. The highest BCUT2D eigenvalue weighted by Gasteiger charge is 2.09. The Bertz CT molecular complexity index is 399. The van der Waals surface area contributed by atoms with E-state index in [-0.39, 0.29) is 5.97 Å². The molecule has 19 heavy (non-hydrogen) atoms. The lowest BCUT2D eigenvalue weighted by Crippen LogP contribution is -2.06. The molecule has 1 N–H and O–H groups in total. The van der Waals surface area contributed by atoms with Crippen LogP contribution in [0.15, 0.2) is 18.2 Å². The number of esters is 1. The van der Waals surface area contributed by atoms with Gasteiger partial charge in [-0.1, -0.05) is 38.5 Å². The summed E-state index contributed by atoms with van der Waals surface area (Å²) in [6.07, 6.45) is 4.75. The number of hydrogen-bond acceptors (Lipinski definition) is 3. The molecular formula is C16H24O3. The monoisotopic (exact) mass is 264 g/mol. The van der Waals surface area contributed by atoms with Gasteiger partial charge in [-0.2, -0.15) is 0 Å². The van der Waals surface area contributed by atoms with E-state index in [1.54, 1.807) is 0 Å². The van der Waals surface area contributed by atoms with Gasteiger partial charge >= 0.3 is 5.97 Å². The van der Waals surface area contributed by atoms with Gasteiger partial charge in [0.25, 0.3) is 0 Å². The van der Waals surface area contributed by atoms with Crippen LogP contribution in [-0.2, 0) is 22.4 Å². The molecule has 0 heterocycles. The Morgan fingerprint density at radius 3 is 2.47 bits per heavy atom. The van der Waals surface area contributed by atoms with E-state index >= 15 is 0 Å². The number of hydrogen-bond donors (Lipinski definition) is 1. The first-order valence-corrected chi connectivity index (χ1v) is 7.14. The second-order valence-electron chi connectivity index (χ2n) is 4.75. The number of carbonyl (C=O) groups excluding carboxylic acids is 1. The van der Waals surface area contributed by atoms with Gasteiger partial charge in [-0.3, -0.25) is 4.79 Å². The third-order valence-corrected chi connectivity index (χ3v) is 3.07. The van der Waals surface area contributed by atoms with Gasteiger partial charge in [0.1, 0.15) is 5.75 Å². The van der Waals surface area contributed by atoms with Crippen LogP contribution in [0.5, 0.6) is 5.75 Å². The summed E-state index contributed by atoms with van der Waals surface area (Å²) in [6, 6.07) is 5.76. The average Bonchev–Trinajstić information content (AvgIpc) is 2.42. The summed E-state index contributed by atoms with van der Waals surface area (Å²) in [4.78, 5) is 11.4. The average molecular weight is 264 g/mol. The summed E-state index contributed by atoms with van der Waals surface area (Å²) in [6.45, 7) is 4.57. The molecule has 0 aliphatic heterocycles. The topological polar surface area (TPSA) is 46.5 Å². The van der Waals surface area contributed by atoms with Crippen LogP contribution in [0.2, 0.25) is 0 Å². The molecule has 0 bridgehead atoms. The van der Waals surface area contributed by atoms with Crippen molar-refractivity contribution >= 4 is 5.97 Å². The maximum atomic E-state index is 11.4. The molecule has 0 aliphatic rings. The number of aromatic hydroxyl groups is 1. The van der Waals surface area contributed by atoms with E-state index < -0.39 is 0 Å². The Kier molecular flexibility index (Phi) is 7.01. The first-order chi connectivity index (χ1) is 9.19. The third-order valence-electron chi connectivity index (χ3n) is 3.07. The van der Waals surface area contributed by atoms with Gasteiger partial charge in [-0.05, 0) is 36.8 Å². The van der Waals surface area contributed by atoms with Crippen molar-refractivity contribution in [1.82, 2.24) is 0 Å². The Morgan fingerprint density at radius 1 is 1.16 bits per heavy atom. The summed E-state index contributed by atoms with van der Waals surface area (Å²) in [5.41, 5.74) is 1.81. The Labute approximate surface area is 115 Å². The lowest BCUT2D eigenvalue weighted by atomic mass is 10.0. The van der Waals surface area contributed by atoms with Crippen molar-refractivity contribution in [3.05, 3.63) is 29.3 Å². The fourth-order valence-electron chi connectivity index (χ4n) is 1.94. The molecule has 3 heteroatoms. The molecule has 0 fully saturated rings. The number of rotatable bonds is 8. The van der Waals surface area contributed by atoms with Crippen molar-refractivity contribution in [2.45, 2.75) is 52.4 Å². The van der Waals surface area contributed by atoms with E-state index in [1.165, 1.54) is 0 Å². The number of benzene rings is 1. The third kappa shape index (κ3) is 5.33. The molecular weight excluding hydrogens is 240 g/mol. The molecule has 0 saturated carbocycles. The van der Waals surface area contributed by atoms with Crippen molar-refractivity contribution in [3.63, 3.8) is 0 Å². The summed E-state index contributed by atoms with van der Waals surface area (Å²) in [5.74, 6) is 0.152. The van der Waals surface area contributed by atoms with E-state index in [4.69, 9.17) is 4.74 Å². The lowest BCUT2D eigenvalue weighted by molar-refractivity contribution is -0.143. The van der Waals surface area contributed by atoms with E-state index in [0.29, 0.717) is 25.2 Å². The zero-order valence-electron chi connectivity index (χ0n) is 11.9. The summed E-state index contributed by atoms with van der Waals surface area (Å²) in [7, 11) is 0. The predicted octanol–water partition coefficient (Wildman–Crippen LogP) is 3.62. The van der Waals surface area contributed by atoms with Crippen LogP contribution in [0.25, 0.3) is 0 Å². The van der Waals surface area contributed by atoms with Crippen molar-refractivity contribution in [3.8, 4) is 5.75 Å². The molecule has 1 rings (SSSR count). The fraction of sp³-hybridized carbons (Fsp3) is 0.562. The highest BCUT2D eigenvalue weighted by atomic mass is 16.5. The molecule has 0 atom stereocenters. The molecule has 1 aromatic carbocycles. The van der Waals surface area contributed by atoms with Crippen LogP contribution in [0.4, 0.5) is 0 Å². The second kappa shape index (κ2) is 8.57. The maximum absolute atomic E-state index is 11.4. The molecule has 0 aromatic heterocycles. The Balaban J connectivity index is 2.56. The number of para-hydroxylation sites is 1. The standard InChI is InChI=1S/C16H24O3/c1-3-5-7-13-8-6-9-14(16(13)18)10-11-15(17)19-12-4-2/h6,8-9,18H,3-5,7,10-12H2,1-2H3. The minimum absolute atomic E-state index is 0.194. The van der Waals surface area contributed by atoms with Crippen LogP contribution in [-0.4, -0.2) is 17.7 Å². The predicted molar refractivity (Wildman–Crippen MR) is 76.3 cm³/mol. The molecule has 106 valence electrons. The second-order valence-corrected chi connectivity index (χ2v) is 4.75. The van der Waals surface area contributed by atoms with Crippen LogP contribution < -0.4 is 0 Å². The lowest BCUT2D eigenvalue weighted by Gasteiger charge is -2.09. The van der Waals surface area contributed by atoms with Gasteiger partial charge in [0.15, 0.2) is 0 Å². The highest BCUT2D eigenvalue weighted by Crippen LogP contribution is 2.25. The number of phenolic OH excluding ortho intramolecular Hbond substituents is 1. The summed E-state index contributed by atoms with van der Waals surface area (Å²) >= 11 is 0. The Morgan fingerprint density at radius 2 is 1.84 bits per heavy atom. The molecule has 0 unspecified atom stereocenters. The first-order valence-electron chi connectivity index (χ1n) is 7.14. The van der Waals surface area contributed by atoms with Crippen LogP contribution in [0.1, 0.15) is 50.7 Å². The molecule has 1 aromatic rings. The zero-order chi connectivity index (χ0) is 14.1. The number of ether oxygens (including phenoxy) is 1. The number of aryl methyl sites for hydroxylation is 2. The molecule has 0 saturated heterocycles. The Hall–Kier alpha value is -1.51. The number of unbranched alkanes of at least 4 members (excludes halogenated alkanes) is 1. The molecule has 0 aliphatic carbocycles.